The summed E-state index contributed by atoms with van der Waals surface area (Å²) >= 11 is 11.5. The highest BCUT2D eigenvalue weighted by molar-refractivity contribution is 6.43. The molecule has 4 nitrogen and oxygen atoms in total. The van der Waals surface area contributed by atoms with Gasteiger partial charge in [-0.25, -0.2) is 4.79 Å². The molecule has 2 N–H and O–H groups in total. The van der Waals surface area contributed by atoms with Gasteiger partial charge in [-0.2, -0.15) is 13.2 Å². The predicted molar refractivity (Wildman–Crippen MR) is 72.6 cm³/mol. The number of nitrogens with two attached hydrogens (primary N) is 1. The lowest BCUT2D eigenvalue weighted by molar-refractivity contribution is -0.174. The van der Waals surface area contributed by atoms with E-state index >= 15 is 0 Å². The molecular formula is C12H12Cl2F3NO3. The van der Waals surface area contributed by atoms with Gasteiger partial charge >= 0.3 is 12.1 Å². The van der Waals surface area contributed by atoms with Crippen LogP contribution in [-0.2, 0) is 9.47 Å². The molecule has 0 aliphatic heterocycles. The number of halogens is 5. The van der Waals surface area contributed by atoms with E-state index in [1.807, 2.05) is 0 Å². The maximum absolute atomic E-state index is 11.8. The number of nitrogen functional groups attached to an aromatic ring is 1. The monoisotopic (exact) mass is 345 g/mol. The summed E-state index contributed by atoms with van der Waals surface area (Å²) in [6.45, 7) is -1.59. The van der Waals surface area contributed by atoms with E-state index in [-0.39, 0.29) is 40.9 Å². The zero-order chi connectivity index (χ0) is 16.0. The van der Waals surface area contributed by atoms with Crippen molar-refractivity contribution in [3.05, 3.63) is 27.7 Å². The molecule has 1 aromatic rings. The minimum Gasteiger partial charge on any atom is -0.462 e. The second-order valence-electron chi connectivity index (χ2n) is 4.02. The second kappa shape index (κ2) is 7.72. The van der Waals surface area contributed by atoms with Crippen molar-refractivity contribution in [2.75, 3.05) is 25.6 Å². The largest absolute Gasteiger partial charge is 0.462 e. The average Bonchev–Trinajstić information content (AvgIpc) is 2.37. The summed E-state index contributed by atoms with van der Waals surface area (Å²) in [7, 11) is 0. The smallest absolute Gasteiger partial charge is 0.411 e. The molecule has 1 rings (SSSR count). The fraction of sp³-hybridized carbons (Fsp3) is 0.417. The first-order valence-corrected chi connectivity index (χ1v) is 6.52. The topological polar surface area (TPSA) is 61.6 Å². The van der Waals surface area contributed by atoms with Crippen LogP contribution in [0.5, 0.6) is 0 Å². The molecule has 0 radical (unpaired) electrons. The van der Waals surface area contributed by atoms with Crippen molar-refractivity contribution in [2.24, 2.45) is 0 Å². The van der Waals surface area contributed by atoms with E-state index in [0.717, 1.165) is 0 Å². The van der Waals surface area contributed by atoms with Gasteiger partial charge in [0.2, 0.25) is 0 Å². The molecule has 0 aromatic heterocycles. The number of benzene rings is 1. The van der Waals surface area contributed by atoms with Gasteiger partial charge in [-0.15, -0.1) is 0 Å². The predicted octanol–water partition coefficient (Wildman–Crippen LogP) is 3.70. The SMILES string of the molecule is Nc1cc(C(=O)OCCCOCC(F)(F)F)cc(Cl)c1Cl. The highest BCUT2D eigenvalue weighted by Gasteiger charge is 2.27. The van der Waals surface area contributed by atoms with Crippen molar-refractivity contribution >= 4 is 34.9 Å². The Morgan fingerprint density at radius 3 is 2.48 bits per heavy atom. The molecule has 0 spiro atoms. The van der Waals surface area contributed by atoms with E-state index < -0.39 is 18.8 Å². The first-order chi connectivity index (χ1) is 9.70. The molecule has 0 atom stereocenters. The zero-order valence-corrected chi connectivity index (χ0v) is 12.2. The van der Waals surface area contributed by atoms with Crippen molar-refractivity contribution in [2.45, 2.75) is 12.6 Å². The standard InChI is InChI=1S/C12H12Cl2F3NO3/c13-8-4-7(5-9(18)10(8)14)11(19)21-3-1-2-20-6-12(15,16)17/h4-5H,1-3,6,18H2. The van der Waals surface area contributed by atoms with Crippen LogP contribution in [0.2, 0.25) is 10.0 Å². The van der Waals surface area contributed by atoms with E-state index in [4.69, 9.17) is 33.7 Å². The van der Waals surface area contributed by atoms with E-state index in [2.05, 4.69) is 4.74 Å². The normalized spacial score (nSPS) is 11.5. The van der Waals surface area contributed by atoms with Gasteiger partial charge < -0.3 is 15.2 Å². The van der Waals surface area contributed by atoms with E-state index in [0.29, 0.717) is 0 Å². The third kappa shape index (κ3) is 6.41. The summed E-state index contributed by atoms with van der Waals surface area (Å²) in [5.41, 5.74) is 5.78. The zero-order valence-electron chi connectivity index (χ0n) is 10.7. The van der Waals surface area contributed by atoms with E-state index in [1.54, 1.807) is 0 Å². The highest BCUT2D eigenvalue weighted by Crippen LogP contribution is 2.29. The number of alkyl halides is 3. The molecule has 0 saturated heterocycles. The maximum Gasteiger partial charge on any atom is 0.411 e. The number of hydrogen-bond donors (Lipinski definition) is 1. The Bertz CT molecular complexity index is 486. The number of ether oxygens (including phenoxy) is 2. The number of carbonyl (C=O) groups excluding carboxylic acids is 1. The Labute approximate surface area is 128 Å². The van der Waals surface area contributed by atoms with Gasteiger partial charge in [-0.3, -0.25) is 0 Å². The molecule has 118 valence electrons. The minimum absolute atomic E-state index is 0.0865. The van der Waals surface area contributed by atoms with Crippen LogP contribution in [0.4, 0.5) is 18.9 Å². The van der Waals surface area contributed by atoms with Gasteiger partial charge in [0.25, 0.3) is 0 Å². The van der Waals surface area contributed by atoms with Gasteiger partial charge in [0.05, 0.1) is 34.5 Å². The molecule has 0 saturated carbocycles. The molecule has 0 amide bonds. The van der Waals surface area contributed by atoms with Crippen molar-refractivity contribution in [3.63, 3.8) is 0 Å². The van der Waals surface area contributed by atoms with Gasteiger partial charge in [0, 0.05) is 6.42 Å². The first kappa shape index (κ1) is 17.9. The fourth-order valence-corrected chi connectivity index (χ4v) is 1.66. The molecule has 0 unspecified atom stereocenters. The van der Waals surface area contributed by atoms with Gasteiger partial charge in [0.15, 0.2) is 0 Å². The Hall–Kier alpha value is -1.18. The number of carbonyl (C=O) groups is 1. The minimum atomic E-state index is -4.37. The summed E-state index contributed by atoms with van der Waals surface area (Å²) in [5.74, 6) is -0.698. The Kier molecular flexibility index (Phi) is 6.57. The van der Waals surface area contributed by atoms with Crippen LogP contribution in [-0.4, -0.2) is 32.0 Å². The Balaban J connectivity index is 2.35. The van der Waals surface area contributed by atoms with Crippen LogP contribution in [0, 0.1) is 0 Å². The lowest BCUT2D eigenvalue weighted by atomic mass is 10.2. The number of esters is 1. The Morgan fingerprint density at radius 2 is 1.90 bits per heavy atom. The first-order valence-electron chi connectivity index (χ1n) is 5.77. The molecule has 9 heteroatoms. The van der Waals surface area contributed by atoms with Gasteiger partial charge in [-0.1, -0.05) is 23.2 Å². The Morgan fingerprint density at radius 1 is 1.24 bits per heavy atom. The molecule has 0 fully saturated rings. The highest BCUT2D eigenvalue weighted by atomic mass is 35.5. The van der Waals surface area contributed by atoms with Gasteiger partial charge in [0.1, 0.15) is 6.61 Å². The number of hydrogen-bond acceptors (Lipinski definition) is 4. The number of rotatable bonds is 6. The van der Waals surface area contributed by atoms with Crippen molar-refractivity contribution in [3.8, 4) is 0 Å². The lowest BCUT2D eigenvalue weighted by Crippen LogP contribution is -2.18. The van der Waals surface area contributed by atoms with Crippen LogP contribution >= 0.6 is 23.2 Å². The molecule has 0 aliphatic carbocycles. The third-order valence-electron chi connectivity index (χ3n) is 2.22. The van der Waals surface area contributed by atoms with E-state index in [1.165, 1.54) is 12.1 Å². The van der Waals surface area contributed by atoms with Crippen molar-refractivity contribution in [1.82, 2.24) is 0 Å². The van der Waals surface area contributed by atoms with Crippen LogP contribution in [0.1, 0.15) is 16.8 Å². The van der Waals surface area contributed by atoms with Gasteiger partial charge in [-0.05, 0) is 12.1 Å². The molecule has 0 bridgehead atoms. The summed E-state index contributed by atoms with van der Waals surface area (Å²) in [6, 6.07) is 2.60. The second-order valence-corrected chi connectivity index (χ2v) is 4.80. The lowest BCUT2D eigenvalue weighted by Gasteiger charge is -2.09. The summed E-state index contributed by atoms with van der Waals surface area (Å²) in [6.07, 6.45) is -4.23. The van der Waals surface area contributed by atoms with Crippen LogP contribution < -0.4 is 5.73 Å². The number of anilines is 1. The molecule has 0 aliphatic rings. The quantitative estimate of drug-likeness (QED) is 0.485. The summed E-state index contributed by atoms with van der Waals surface area (Å²) in [5, 5.41) is 0.242. The van der Waals surface area contributed by atoms with Crippen molar-refractivity contribution < 1.29 is 27.4 Å². The van der Waals surface area contributed by atoms with Crippen LogP contribution in [0.3, 0.4) is 0 Å². The molecule has 0 heterocycles. The fourth-order valence-electron chi connectivity index (χ4n) is 1.33. The third-order valence-corrected chi connectivity index (χ3v) is 3.04. The van der Waals surface area contributed by atoms with E-state index in [9.17, 15) is 18.0 Å². The maximum atomic E-state index is 11.8. The summed E-state index contributed by atoms with van der Waals surface area (Å²) in [4.78, 5) is 11.7. The van der Waals surface area contributed by atoms with Crippen LogP contribution in [0.25, 0.3) is 0 Å². The summed E-state index contributed by atoms with van der Waals surface area (Å²) < 4.78 is 44.5. The molecular weight excluding hydrogens is 334 g/mol. The van der Waals surface area contributed by atoms with Crippen LogP contribution in [0.15, 0.2) is 12.1 Å². The van der Waals surface area contributed by atoms with Crippen molar-refractivity contribution in [1.29, 1.82) is 0 Å². The molecule has 21 heavy (non-hydrogen) atoms. The molecule has 1 aromatic carbocycles. The average molecular weight is 346 g/mol.